The molecule has 124 valence electrons. The van der Waals surface area contributed by atoms with E-state index in [-0.39, 0.29) is 6.03 Å². The normalized spacial score (nSPS) is 9.95. The number of fused-ring (bicyclic) bond motifs is 1. The van der Waals surface area contributed by atoms with Gasteiger partial charge in [-0.05, 0) is 12.1 Å². The smallest absolute Gasteiger partial charge is 0.331 e. The molecule has 4 N–H and O–H groups in total. The summed E-state index contributed by atoms with van der Waals surface area (Å²) in [5, 5.41) is 10.3. The third-order valence-electron chi connectivity index (χ3n) is 1.99. The van der Waals surface area contributed by atoms with Crippen molar-refractivity contribution in [2.75, 3.05) is 28.2 Å². The number of aromatic amines is 1. The van der Waals surface area contributed by atoms with E-state index in [1.807, 2.05) is 24.3 Å². The third-order valence-corrected chi connectivity index (χ3v) is 1.99. The number of carbonyl (C=O) groups excluding carboxylic acids is 1. The zero-order chi connectivity index (χ0) is 17.3. The lowest BCUT2D eigenvalue weighted by atomic mass is 10.3. The van der Waals surface area contributed by atoms with Crippen LogP contribution in [0.2, 0.25) is 0 Å². The van der Waals surface area contributed by atoms with Crippen molar-refractivity contribution in [3.63, 3.8) is 0 Å². The standard InChI is InChI=1S/C6H5N3.C5H12N2O.H3O4P/c1-2-4-6-5(3-1)7-9-8-6;1-6(2)5(8)7(3)4;1-5(2,3)4/h1-4H,(H,7,8,9);1-4H3;(H3,1,2,3,4). The van der Waals surface area contributed by atoms with Crippen molar-refractivity contribution >= 4 is 24.9 Å². The number of nitrogens with zero attached hydrogens (tertiary/aromatic N) is 4. The molecular weight excluding hydrogens is 313 g/mol. The quantitative estimate of drug-likeness (QED) is 0.506. The summed E-state index contributed by atoms with van der Waals surface area (Å²) in [5.41, 5.74) is 1.83. The van der Waals surface area contributed by atoms with Gasteiger partial charge in [0.25, 0.3) is 0 Å². The minimum atomic E-state index is -4.64. The van der Waals surface area contributed by atoms with E-state index < -0.39 is 7.82 Å². The predicted octanol–water partition coefficient (Wildman–Crippen LogP) is 0.259. The first-order valence-electron chi connectivity index (χ1n) is 5.94. The summed E-state index contributed by atoms with van der Waals surface area (Å²) in [5.74, 6) is 0. The van der Waals surface area contributed by atoms with Gasteiger partial charge in [-0.15, -0.1) is 0 Å². The maximum atomic E-state index is 10.7. The summed E-state index contributed by atoms with van der Waals surface area (Å²) >= 11 is 0. The molecule has 22 heavy (non-hydrogen) atoms. The van der Waals surface area contributed by atoms with Gasteiger partial charge in [-0.3, -0.25) is 0 Å². The Morgan fingerprint density at radius 2 is 1.32 bits per heavy atom. The van der Waals surface area contributed by atoms with Crippen molar-refractivity contribution in [2.24, 2.45) is 0 Å². The van der Waals surface area contributed by atoms with Gasteiger partial charge in [0.1, 0.15) is 11.0 Å². The second-order valence-electron chi connectivity index (χ2n) is 4.40. The Bertz CT molecular complexity index is 576. The van der Waals surface area contributed by atoms with E-state index in [0.717, 1.165) is 11.0 Å². The van der Waals surface area contributed by atoms with Crippen LogP contribution in [0.25, 0.3) is 11.0 Å². The fourth-order valence-corrected chi connectivity index (χ4v) is 1.19. The largest absolute Gasteiger partial charge is 0.466 e. The average molecular weight is 333 g/mol. The maximum Gasteiger partial charge on any atom is 0.466 e. The van der Waals surface area contributed by atoms with Crippen LogP contribution in [0, 0.1) is 0 Å². The number of para-hydroxylation sites is 2. The summed E-state index contributed by atoms with van der Waals surface area (Å²) in [4.78, 5) is 35.3. The molecule has 0 fully saturated rings. The van der Waals surface area contributed by atoms with Gasteiger partial charge in [0.15, 0.2) is 0 Å². The number of carbonyl (C=O) groups is 1. The molecule has 0 aliphatic carbocycles. The van der Waals surface area contributed by atoms with Gasteiger partial charge in [0.05, 0.1) is 0 Å². The molecule has 11 heteroatoms. The number of aromatic nitrogens is 3. The Morgan fingerprint density at radius 3 is 1.55 bits per heavy atom. The van der Waals surface area contributed by atoms with Crippen LogP contribution in [-0.2, 0) is 4.57 Å². The monoisotopic (exact) mass is 333 g/mol. The van der Waals surface area contributed by atoms with Crippen LogP contribution in [0.15, 0.2) is 24.3 Å². The molecule has 0 unspecified atom stereocenters. The van der Waals surface area contributed by atoms with E-state index in [4.69, 9.17) is 19.2 Å². The van der Waals surface area contributed by atoms with Gasteiger partial charge in [0.2, 0.25) is 0 Å². The second kappa shape index (κ2) is 9.11. The van der Waals surface area contributed by atoms with Crippen LogP contribution < -0.4 is 0 Å². The summed E-state index contributed by atoms with van der Waals surface area (Å²) in [7, 11) is 2.26. The molecule has 0 atom stereocenters. The molecule has 0 saturated carbocycles. The molecule has 1 aromatic carbocycles. The van der Waals surface area contributed by atoms with E-state index in [1.54, 1.807) is 28.2 Å². The molecule has 2 amide bonds. The lowest BCUT2D eigenvalue weighted by molar-refractivity contribution is 0.191. The van der Waals surface area contributed by atoms with Gasteiger partial charge >= 0.3 is 13.9 Å². The van der Waals surface area contributed by atoms with Crippen molar-refractivity contribution in [3.05, 3.63) is 24.3 Å². The lowest BCUT2D eigenvalue weighted by Crippen LogP contribution is -2.33. The van der Waals surface area contributed by atoms with E-state index in [1.165, 1.54) is 9.80 Å². The SMILES string of the molecule is CN(C)C(=O)N(C)C.O=P(O)(O)O.c1ccc2n[nH]nc2c1. The number of amides is 2. The minimum absolute atomic E-state index is 0.0185. The highest BCUT2D eigenvalue weighted by atomic mass is 31.2. The minimum Gasteiger partial charge on any atom is -0.331 e. The van der Waals surface area contributed by atoms with E-state index in [0.29, 0.717) is 0 Å². The highest BCUT2D eigenvalue weighted by Gasteiger charge is 2.02. The van der Waals surface area contributed by atoms with Crippen LogP contribution >= 0.6 is 7.82 Å². The first-order chi connectivity index (χ1) is 10.0. The average Bonchev–Trinajstić information content (AvgIpc) is 2.84. The molecule has 10 nitrogen and oxygen atoms in total. The van der Waals surface area contributed by atoms with Gasteiger partial charge in [-0.25, -0.2) is 9.36 Å². The van der Waals surface area contributed by atoms with E-state index >= 15 is 0 Å². The summed E-state index contributed by atoms with van der Waals surface area (Å²) < 4.78 is 8.88. The van der Waals surface area contributed by atoms with Crippen molar-refractivity contribution in [1.29, 1.82) is 0 Å². The Morgan fingerprint density at radius 1 is 1.00 bits per heavy atom. The van der Waals surface area contributed by atoms with E-state index in [9.17, 15) is 4.79 Å². The molecule has 0 aliphatic heterocycles. The van der Waals surface area contributed by atoms with Gasteiger partial charge in [0, 0.05) is 28.2 Å². The molecular formula is C11H20N5O5P. The molecule has 0 aliphatic rings. The zero-order valence-corrected chi connectivity index (χ0v) is 13.6. The Labute approximate surface area is 127 Å². The van der Waals surface area contributed by atoms with Crippen LogP contribution in [0.5, 0.6) is 0 Å². The van der Waals surface area contributed by atoms with Crippen molar-refractivity contribution in [1.82, 2.24) is 25.2 Å². The zero-order valence-electron chi connectivity index (χ0n) is 12.7. The molecule has 0 bridgehead atoms. The number of rotatable bonds is 0. The number of H-pyrrole nitrogens is 1. The predicted molar refractivity (Wildman–Crippen MR) is 80.9 cm³/mol. The van der Waals surface area contributed by atoms with Crippen molar-refractivity contribution < 1.29 is 24.0 Å². The number of phosphoric acid groups is 1. The topological polar surface area (TPSA) is 143 Å². The first-order valence-corrected chi connectivity index (χ1v) is 7.51. The molecule has 2 aromatic rings. The van der Waals surface area contributed by atoms with Gasteiger partial charge in [-0.1, -0.05) is 12.1 Å². The van der Waals surface area contributed by atoms with Gasteiger partial charge < -0.3 is 24.5 Å². The Kier molecular flexibility index (Phi) is 8.28. The second-order valence-corrected chi connectivity index (χ2v) is 5.42. The van der Waals surface area contributed by atoms with Crippen molar-refractivity contribution in [3.8, 4) is 0 Å². The Balaban J connectivity index is 0.000000316. The number of benzene rings is 1. The lowest BCUT2D eigenvalue weighted by Gasteiger charge is -2.16. The molecule has 0 radical (unpaired) electrons. The number of hydrogen-bond acceptors (Lipinski definition) is 4. The highest BCUT2D eigenvalue weighted by Crippen LogP contribution is 2.25. The molecule has 0 saturated heterocycles. The molecule has 1 heterocycles. The van der Waals surface area contributed by atoms with E-state index in [2.05, 4.69) is 15.4 Å². The highest BCUT2D eigenvalue weighted by molar-refractivity contribution is 7.45. The number of urea groups is 1. The molecule has 0 spiro atoms. The molecule has 1 aromatic heterocycles. The molecule has 2 rings (SSSR count). The fourth-order valence-electron chi connectivity index (χ4n) is 1.19. The van der Waals surface area contributed by atoms with Crippen LogP contribution in [0.3, 0.4) is 0 Å². The fraction of sp³-hybridized carbons (Fsp3) is 0.364. The number of nitrogens with one attached hydrogen (secondary N) is 1. The summed E-state index contributed by atoms with van der Waals surface area (Å²) in [6.45, 7) is 0. The van der Waals surface area contributed by atoms with Crippen LogP contribution in [0.1, 0.15) is 0 Å². The summed E-state index contributed by atoms with van der Waals surface area (Å²) in [6.07, 6.45) is 0. The third kappa shape index (κ3) is 9.83. The van der Waals surface area contributed by atoms with Crippen LogP contribution in [0.4, 0.5) is 4.79 Å². The maximum absolute atomic E-state index is 10.7. The van der Waals surface area contributed by atoms with Gasteiger partial charge in [-0.2, -0.15) is 15.4 Å². The van der Waals surface area contributed by atoms with Crippen molar-refractivity contribution in [2.45, 2.75) is 0 Å². The number of hydrogen-bond donors (Lipinski definition) is 4. The first kappa shape index (κ1) is 20.0. The summed E-state index contributed by atoms with van der Waals surface area (Å²) in [6, 6.07) is 7.72. The van der Waals surface area contributed by atoms with Crippen LogP contribution in [-0.4, -0.2) is 74.1 Å². The Hall–Kier alpha value is -2.00.